The Morgan fingerprint density at radius 3 is 1.27 bits per heavy atom. The third kappa shape index (κ3) is 4.82. The molecule has 0 saturated heterocycles. The number of hydrogen-bond acceptors (Lipinski definition) is 10. The summed E-state index contributed by atoms with van der Waals surface area (Å²) in [5.74, 6) is 0.980. The average Bonchev–Trinajstić information content (AvgIpc) is 3.79. The van der Waals surface area contributed by atoms with Crippen LogP contribution in [0.5, 0.6) is 0 Å². The van der Waals surface area contributed by atoms with Gasteiger partial charge in [0.1, 0.15) is 32.4 Å². The molecule has 0 unspecified atom stereocenters. The van der Waals surface area contributed by atoms with E-state index in [9.17, 15) is 25.9 Å². The van der Waals surface area contributed by atoms with E-state index in [2.05, 4.69) is 15.0 Å². The van der Waals surface area contributed by atoms with Gasteiger partial charge in [0.15, 0.2) is 23.3 Å². The fourth-order valence-corrected chi connectivity index (χ4v) is 8.14. The molecule has 0 radical (unpaired) electrons. The Bertz CT molecular complexity index is 2980. The smallest absolute Gasteiger partial charge is 0.296 e. The molecule has 0 saturated carbocycles. The van der Waals surface area contributed by atoms with Crippen molar-refractivity contribution >= 4 is 64.4 Å². The topological polar surface area (TPSA) is 218 Å². The molecule has 14 nitrogen and oxygen atoms in total. The van der Waals surface area contributed by atoms with Crippen LogP contribution in [0.3, 0.4) is 0 Å². The molecular formula is C32H18FeN8O6S2. The predicted octanol–water partition coefficient (Wildman–Crippen LogP) is 5.36. The maximum atomic E-state index is 12.8. The van der Waals surface area contributed by atoms with E-state index in [0.29, 0.717) is 45.2 Å². The Morgan fingerprint density at radius 2 is 0.837 bits per heavy atom. The summed E-state index contributed by atoms with van der Waals surface area (Å²) in [4.78, 5) is 32.8. The Balaban J connectivity index is 0.00000348. The number of H-pyrrole nitrogens is 2. The monoisotopic (exact) mass is 730 g/mol. The first-order chi connectivity index (χ1) is 23.0. The molecule has 2 aliphatic rings. The summed E-state index contributed by atoms with van der Waals surface area (Å²) in [5, 5.41) is 1.33. The van der Waals surface area contributed by atoms with Gasteiger partial charge in [0.05, 0.1) is 5.39 Å². The van der Waals surface area contributed by atoms with Gasteiger partial charge in [-0.2, -0.15) is 16.8 Å². The van der Waals surface area contributed by atoms with Gasteiger partial charge < -0.3 is 9.97 Å². The summed E-state index contributed by atoms with van der Waals surface area (Å²) < 4.78 is 70.7. The van der Waals surface area contributed by atoms with Crippen LogP contribution < -0.4 is 0 Å². The molecule has 242 valence electrons. The molecule has 8 bridgehead atoms. The molecule has 2 aliphatic heterocycles. The molecular weight excluding hydrogens is 712 g/mol. The molecule has 0 spiro atoms. The first kappa shape index (κ1) is 30.9. The second-order valence-electron chi connectivity index (χ2n) is 11.0. The minimum absolute atomic E-state index is 0. The van der Waals surface area contributed by atoms with E-state index in [-0.39, 0.29) is 50.8 Å². The average molecular weight is 731 g/mol. The fraction of sp³-hybridized carbons (Fsp3) is 0. The number of nitrogens with one attached hydrogen (secondary N) is 2. The molecule has 0 aliphatic carbocycles. The van der Waals surface area contributed by atoms with Crippen LogP contribution in [-0.4, -0.2) is 65.8 Å². The van der Waals surface area contributed by atoms with Gasteiger partial charge in [-0.15, -0.1) is 0 Å². The van der Waals surface area contributed by atoms with Crippen molar-refractivity contribution in [2.75, 3.05) is 0 Å². The van der Waals surface area contributed by atoms with E-state index < -0.39 is 30.0 Å². The number of rotatable bonds is 2. The van der Waals surface area contributed by atoms with Gasteiger partial charge >= 0.3 is 0 Å². The number of aromatic amines is 2. The molecule has 49 heavy (non-hydrogen) atoms. The molecule has 4 aromatic carbocycles. The second kappa shape index (κ2) is 10.8. The van der Waals surface area contributed by atoms with Gasteiger partial charge in [-0.05, 0) is 12.1 Å². The van der Waals surface area contributed by atoms with E-state index >= 15 is 0 Å². The first-order valence-electron chi connectivity index (χ1n) is 14.3. The van der Waals surface area contributed by atoms with Crippen LogP contribution in [0.4, 0.5) is 0 Å². The number of fused-ring (bicyclic) bond motifs is 20. The maximum absolute atomic E-state index is 12.8. The number of benzene rings is 4. The van der Waals surface area contributed by atoms with Crippen LogP contribution in [-0.2, 0) is 37.3 Å². The molecule has 7 aromatic rings. The van der Waals surface area contributed by atoms with Crippen molar-refractivity contribution < 1.29 is 43.0 Å². The molecule has 0 fully saturated rings. The minimum Gasteiger partial charge on any atom is -0.324 e. The van der Waals surface area contributed by atoms with Crippen molar-refractivity contribution in [1.82, 2.24) is 39.9 Å². The van der Waals surface area contributed by atoms with E-state index in [4.69, 9.17) is 24.9 Å². The third-order valence-corrected chi connectivity index (χ3v) is 10.1. The van der Waals surface area contributed by atoms with Crippen molar-refractivity contribution in [2.24, 2.45) is 0 Å². The van der Waals surface area contributed by atoms with Gasteiger partial charge in [-0.3, -0.25) is 9.11 Å². The van der Waals surface area contributed by atoms with Crippen LogP contribution in [0.25, 0.3) is 89.7 Å². The molecule has 3 aromatic heterocycles. The zero-order valence-electron chi connectivity index (χ0n) is 24.5. The summed E-state index contributed by atoms with van der Waals surface area (Å²) in [6.07, 6.45) is 0. The third-order valence-electron chi connectivity index (χ3n) is 8.17. The standard InChI is InChI=1S/C32H18N8O6S2.Fe/c41-47(42,43)22-14-13-21-23(24(22)48(44,45)46)32-39-30-20-12-6-5-11-19(20)28(37-30)35-26-16-8-2-1-7-15(16)25(33-26)34-27-17-9-3-4-10-18(17)29(36-27)38-31(21)40-32;/h1-14H,(H,41,42,43)(H,44,45,46)(H2,33,34,35,36,37,38,39,40);. The van der Waals surface area contributed by atoms with Crippen molar-refractivity contribution in [1.29, 1.82) is 0 Å². The SMILES string of the molecule is O=S(=O)(O)c1ccc2c3nc4nc(nc5[nH]c(nc6nc(nc([nH]3)c2c1S(=O)(=O)O)-c1ccccc1-6)c1ccccc51)-c1ccccc1-4.[Fe]. The molecule has 5 heterocycles. The number of hydrogen-bond donors (Lipinski definition) is 4. The van der Waals surface area contributed by atoms with E-state index in [1.54, 1.807) is 24.3 Å². The van der Waals surface area contributed by atoms with Gasteiger partial charge in [0.25, 0.3) is 20.2 Å². The maximum Gasteiger partial charge on any atom is 0.296 e. The summed E-state index contributed by atoms with van der Waals surface area (Å²) in [7, 11) is -10.4. The minimum atomic E-state index is -5.27. The van der Waals surface area contributed by atoms with Crippen LogP contribution >= 0.6 is 0 Å². The molecule has 17 heteroatoms. The van der Waals surface area contributed by atoms with Crippen molar-refractivity contribution in [3.8, 4) is 45.6 Å². The zero-order valence-corrected chi connectivity index (χ0v) is 27.2. The van der Waals surface area contributed by atoms with Crippen LogP contribution in [0.15, 0.2) is 94.7 Å². The number of aromatic nitrogens is 8. The second-order valence-corrected chi connectivity index (χ2v) is 13.8. The van der Waals surface area contributed by atoms with Gasteiger partial charge in [0, 0.05) is 55.5 Å². The molecule has 0 atom stereocenters. The fourth-order valence-electron chi connectivity index (χ4n) is 6.14. The molecule has 9 rings (SSSR count). The Kier molecular flexibility index (Phi) is 6.80. The number of nitrogens with zero attached hydrogens (tertiary/aromatic N) is 6. The molecule has 0 amide bonds. The van der Waals surface area contributed by atoms with Crippen molar-refractivity contribution in [3.05, 3.63) is 84.9 Å². The summed E-state index contributed by atoms with van der Waals surface area (Å²) in [5.41, 5.74) is 3.32. The predicted molar refractivity (Wildman–Crippen MR) is 176 cm³/mol. The Morgan fingerprint density at radius 1 is 0.449 bits per heavy atom. The van der Waals surface area contributed by atoms with E-state index in [1.165, 1.54) is 6.07 Å². The summed E-state index contributed by atoms with van der Waals surface area (Å²) >= 11 is 0. The summed E-state index contributed by atoms with van der Waals surface area (Å²) in [6.45, 7) is 0. The van der Waals surface area contributed by atoms with E-state index in [1.807, 2.05) is 48.5 Å². The summed E-state index contributed by atoms with van der Waals surface area (Å²) in [6, 6.07) is 24.2. The van der Waals surface area contributed by atoms with Crippen LogP contribution in [0.2, 0.25) is 0 Å². The van der Waals surface area contributed by atoms with E-state index in [0.717, 1.165) is 16.8 Å². The largest absolute Gasteiger partial charge is 0.324 e. The quantitative estimate of drug-likeness (QED) is 0.131. The first-order valence-corrected chi connectivity index (χ1v) is 17.1. The van der Waals surface area contributed by atoms with Crippen LogP contribution in [0.1, 0.15) is 0 Å². The van der Waals surface area contributed by atoms with Crippen molar-refractivity contribution in [2.45, 2.75) is 9.79 Å². The van der Waals surface area contributed by atoms with Gasteiger partial charge in [-0.1, -0.05) is 72.8 Å². The van der Waals surface area contributed by atoms with Crippen molar-refractivity contribution in [3.63, 3.8) is 0 Å². The zero-order chi connectivity index (χ0) is 32.9. The molecule has 4 N–H and O–H groups in total. The Hall–Kier alpha value is -5.42. The normalized spacial score (nSPS) is 12.4. The van der Waals surface area contributed by atoms with Gasteiger partial charge in [-0.25, -0.2) is 29.9 Å². The van der Waals surface area contributed by atoms with Crippen LogP contribution in [0, 0.1) is 0 Å². The Labute approximate surface area is 286 Å². The van der Waals surface area contributed by atoms with Gasteiger partial charge in [0.2, 0.25) is 0 Å².